The van der Waals surface area contributed by atoms with Gasteiger partial charge >= 0.3 is 6.18 Å². The number of hydrogen-bond donors (Lipinski definition) is 1. The molecule has 1 aromatic carbocycles. The predicted molar refractivity (Wildman–Crippen MR) is 88.8 cm³/mol. The summed E-state index contributed by atoms with van der Waals surface area (Å²) >= 11 is 0. The smallest absolute Gasteiger partial charge is 0.416 e. The molecule has 1 N–H and O–H groups in total. The number of methoxy groups -OCH3 is 1. The summed E-state index contributed by atoms with van der Waals surface area (Å²) in [5.41, 5.74) is -1.91. The van der Waals surface area contributed by atoms with Gasteiger partial charge in [0.15, 0.2) is 5.60 Å². The summed E-state index contributed by atoms with van der Waals surface area (Å²) in [6.45, 7) is 3.97. The van der Waals surface area contributed by atoms with Crippen LogP contribution in [0.4, 0.5) is 13.2 Å². The highest BCUT2D eigenvalue weighted by Crippen LogP contribution is 2.35. The average molecular weight is 375 g/mol. The lowest BCUT2D eigenvalue weighted by atomic mass is 9.93. The van der Waals surface area contributed by atoms with Crippen LogP contribution in [0.5, 0.6) is 5.75 Å². The van der Waals surface area contributed by atoms with Gasteiger partial charge in [0.05, 0.1) is 11.7 Å². The predicted octanol–water partition coefficient (Wildman–Crippen LogP) is 3.30. The minimum absolute atomic E-state index is 0.0275. The lowest BCUT2D eigenvalue weighted by molar-refractivity contribution is -0.155. The van der Waals surface area contributed by atoms with E-state index in [1.807, 2.05) is 0 Å². The monoisotopic (exact) mass is 375 g/mol. The van der Waals surface area contributed by atoms with Crippen molar-refractivity contribution in [3.8, 4) is 5.75 Å². The van der Waals surface area contributed by atoms with Crippen molar-refractivity contribution >= 4 is 5.91 Å². The van der Waals surface area contributed by atoms with Crippen LogP contribution >= 0.6 is 0 Å². The second-order valence-electron chi connectivity index (χ2n) is 6.48. The van der Waals surface area contributed by atoms with Gasteiger partial charge in [-0.3, -0.25) is 4.79 Å². The first kappa shape index (κ1) is 20.5. The summed E-state index contributed by atoms with van der Waals surface area (Å²) in [4.78, 5) is 12.5. The minimum Gasteiger partial charge on any atom is -0.491 e. The van der Waals surface area contributed by atoms with Gasteiger partial charge in [0.1, 0.15) is 5.75 Å². The number of benzene rings is 1. The van der Waals surface area contributed by atoms with Gasteiger partial charge in [-0.2, -0.15) is 13.2 Å². The third kappa shape index (κ3) is 4.88. The van der Waals surface area contributed by atoms with Crippen LogP contribution in [0.15, 0.2) is 18.2 Å². The van der Waals surface area contributed by atoms with Crippen molar-refractivity contribution in [3.05, 3.63) is 29.3 Å². The van der Waals surface area contributed by atoms with Crippen molar-refractivity contribution in [2.75, 3.05) is 20.3 Å². The maximum atomic E-state index is 13.4. The molecule has 0 atom stereocenters. The Bertz CT molecular complexity index is 625. The Balaban J connectivity index is 2.16. The van der Waals surface area contributed by atoms with E-state index >= 15 is 0 Å². The van der Waals surface area contributed by atoms with E-state index in [0.717, 1.165) is 6.07 Å². The highest BCUT2D eigenvalue weighted by atomic mass is 19.4. The zero-order valence-electron chi connectivity index (χ0n) is 15.1. The third-order valence-electron chi connectivity index (χ3n) is 4.30. The number of ether oxygens (including phenoxy) is 3. The number of amides is 1. The number of alkyl halides is 3. The van der Waals surface area contributed by atoms with Crippen molar-refractivity contribution in [1.82, 2.24) is 5.32 Å². The summed E-state index contributed by atoms with van der Waals surface area (Å²) in [7, 11) is 1.42. The summed E-state index contributed by atoms with van der Waals surface area (Å²) in [6, 6.07) is 3.75. The van der Waals surface area contributed by atoms with Crippen LogP contribution in [0.1, 0.15) is 37.8 Å². The van der Waals surface area contributed by atoms with Crippen LogP contribution in [0, 0.1) is 0 Å². The van der Waals surface area contributed by atoms with Crippen LogP contribution < -0.4 is 10.1 Å². The maximum Gasteiger partial charge on any atom is 0.416 e. The molecule has 8 heteroatoms. The SMILES string of the molecule is COC1(C(=O)NCc2ccc(OC(C)C)cc2C(F)(F)F)CCOCC1. The molecule has 146 valence electrons. The van der Waals surface area contributed by atoms with E-state index in [9.17, 15) is 18.0 Å². The molecule has 0 unspecified atom stereocenters. The molecular formula is C18H24F3NO4. The number of hydrogen-bond acceptors (Lipinski definition) is 4. The van der Waals surface area contributed by atoms with Gasteiger partial charge in [-0.05, 0) is 31.5 Å². The second-order valence-corrected chi connectivity index (χ2v) is 6.48. The molecule has 0 saturated carbocycles. The molecule has 5 nitrogen and oxygen atoms in total. The Morgan fingerprint density at radius 1 is 1.31 bits per heavy atom. The Labute approximate surface area is 150 Å². The molecule has 1 saturated heterocycles. The van der Waals surface area contributed by atoms with Gasteiger partial charge < -0.3 is 19.5 Å². The molecule has 1 aromatic rings. The Kier molecular flexibility index (Phi) is 6.52. The number of rotatable bonds is 6. The number of carbonyl (C=O) groups is 1. The van der Waals surface area contributed by atoms with E-state index in [-0.39, 0.29) is 24.0 Å². The Hall–Kier alpha value is -1.80. The highest BCUT2D eigenvalue weighted by molar-refractivity contribution is 5.85. The summed E-state index contributed by atoms with van der Waals surface area (Å²) in [6.07, 6.45) is -4.06. The lowest BCUT2D eigenvalue weighted by Gasteiger charge is -2.34. The van der Waals surface area contributed by atoms with Gasteiger partial charge in [-0.15, -0.1) is 0 Å². The average Bonchev–Trinajstić information content (AvgIpc) is 2.59. The normalized spacial score (nSPS) is 17.2. The number of nitrogens with one attached hydrogen (secondary N) is 1. The number of carbonyl (C=O) groups excluding carboxylic acids is 1. The highest BCUT2D eigenvalue weighted by Gasteiger charge is 2.40. The molecule has 0 spiro atoms. The van der Waals surface area contributed by atoms with Crippen LogP contribution in [-0.2, 0) is 27.0 Å². The molecule has 0 bridgehead atoms. The zero-order valence-corrected chi connectivity index (χ0v) is 15.1. The van der Waals surface area contributed by atoms with Crippen molar-refractivity contribution in [1.29, 1.82) is 0 Å². The fraction of sp³-hybridized carbons (Fsp3) is 0.611. The third-order valence-corrected chi connectivity index (χ3v) is 4.30. The molecule has 1 amide bonds. The summed E-state index contributed by atoms with van der Waals surface area (Å²) in [5, 5.41) is 2.57. The van der Waals surface area contributed by atoms with E-state index in [2.05, 4.69) is 5.32 Å². The Morgan fingerprint density at radius 2 is 1.96 bits per heavy atom. The fourth-order valence-electron chi connectivity index (χ4n) is 2.88. The second kappa shape index (κ2) is 8.26. The minimum atomic E-state index is -4.55. The van der Waals surface area contributed by atoms with Gasteiger partial charge in [0, 0.05) is 39.7 Å². The van der Waals surface area contributed by atoms with Gasteiger partial charge in [-0.25, -0.2) is 0 Å². The van der Waals surface area contributed by atoms with Crippen LogP contribution in [0.2, 0.25) is 0 Å². The summed E-state index contributed by atoms with van der Waals surface area (Å²) < 4.78 is 56.0. The molecule has 0 aliphatic carbocycles. The summed E-state index contributed by atoms with van der Waals surface area (Å²) in [5.74, 6) is -0.292. The molecule has 0 aromatic heterocycles. The van der Waals surface area contributed by atoms with Crippen LogP contribution in [-0.4, -0.2) is 37.9 Å². The first-order valence-corrected chi connectivity index (χ1v) is 8.46. The lowest BCUT2D eigenvalue weighted by Crippen LogP contribution is -2.51. The molecule has 1 aliphatic rings. The fourth-order valence-corrected chi connectivity index (χ4v) is 2.88. The molecule has 1 heterocycles. The van der Waals surface area contributed by atoms with Gasteiger partial charge in [0.2, 0.25) is 0 Å². The first-order chi connectivity index (χ1) is 12.2. The van der Waals surface area contributed by atoms with Crippen LogP contribution in [0.3, 0.4) is 0 Å². The topological polar surface area (TPSA) is 56.8 Å². The quantitative estimate of drug-likeness (QED) is 0.829. The molecule has 1 aliphatic heterocycles. The molecule has 0 radical (unpaired) electrons. The Morgan fingerprint density at radius 3 is 2.50 bits per heavy atom. The first-order valence-electron chi connectivity index (χ1n) is 8.46. The van der Waals surface area contributed by atoms with Crippen molar-refractivity contribution in [3.63, 3.8) is 0 Å². The zero-order chi connectivity index (χ0) is 19.4. The van der Waals surface area contributed by atoms with Crippen molar-refractivity contribution in [2.24, 2.45) is 0 Å². The molecular weight excluding hydrogens is 351 g/mol. The largest absolute Gasteiger partial charge is 0.491 e. The maximum absolute atomic E-state index is 13.4. The van der Waals surface area contributed by atoms with Gasteiger partial charge in [0.25, 0.3) is 5.91 Å². The van der Waals surface area contributed by atoms with Crippen molar-refractivity contribution < 1.29 is 32.2 Å². The van der Waals surface area contributed by atoms with E-state index < -0.39 is 23.2 Å². The van der Waals surface area contributed by atoms with E-state index in [1.54, 1.807) is 13.8 Å². The standard InChI is InChI=1S/C18H24F3NO4/c1-12(2)26-14-5-4-13(15(10-14)18(19,20)21)11-22-16(23)17(24-3)6-8-25-9-7-17/h4-5,10,12H,6-9,11H2,1-3H3,(H,22,23). The molecule has 2 rings (SSSR count). The van der Waals surface area contributed by atoms with Crippen LogP contribution in [0.25, 0.3) is 0 Å². The molecule has 1 fully saturated rings. The van der Waals surface area contributed by atoms with Crippen molar-refractivity contribution in [2.45, 2.75) is 51.1 Å². The van der Waals surface area contributed by atoms with E-state index in [0.29, 0.717) is 26.1 Å². The number of halogens is 3. The van der Waals surface area contributed by atoms with Gasteiger partial charge in [-0.1, -0.05) is 6.07 Å². The van der Waals surface area contributed by atoms with E-state index in [1.165, 1.54) is 19.2 Å². The molecule has 26 heavy (non-hydrogen) atoms. The van der Waals surface area contributed by atoms with E-state index in [4.69, 9.17) is 14.2 Å².